The van der Waals surface area contributed by atoms with Crippen molar-refractivity contribution in [3.05, 3.63) is 35.6 Å². The van der Waals surface area contributed by atoms with Crippen molar-refractivity contribution in [1.29, 1.82) is 0 Å². The standard InChI is InChI=1S/C19H24FN3O3/c1-3-26-18(25)15-16(13-4-6-14(20)7-5-13)21-19(22-17(15)24)23-10-8-12(2)9-11-23/h4-7,12,15-16H,3,8-11H2,1-2H3,(H,21,22,24)/t15-,16+/m1/s1. The van der Waals surface area contributed by atoms with Crippen molar-refractivity contribution in [2.75, 3.05) is 19.7 Å². The minimum absolute atomic E-state index is 0.180. The fraction of sp³-hybridized carbons (Fsp3) is 0.526. The van der Waals surface area contributed by atoms with Gasteiger partial charge in [0, 0.05) is 13.1 Å². The van der Waals surface area contributed by atoms with Gasteiger partial charge in [-0.3, -0.25) is 14.9 Å². The Morgan fingerprint density at radius 3 is 2.58 bits per heavy atom. The Kier molecular flexibility index (Phi) is 5.54. The molecule has 7 heteroatoms. The molecule has 0 unspecified atom stereocenters. The van der Waals surface area contributed by atoms with Crippen LogP contribution in [0.3, 0.4) is 0 Å². The topological polar surface area (TPSA) is 71.0 Å². The molecule has 0 aromatic heterocycles. The van der Waals surface area contributed by atoms with E-state index in [1.54, 1.807) is 19.1 Å². The van der Waals surface area contributed by atoms with Gasteiger partial charge in [-0.2, -0.15) is 0 Å². The summed E-state index contributed by atoms with van der Waals surface area (Å²) in [6.07, 6.45) is 2.05. The maximum absolute atomic E-state index is 13.3. The van der Waals surface area contributed by atoms with Crippen molar-refractivity contribution in [1.82, 2.24) is 10.2 Å². The Hall–Kier alpha value is -2.44. The molecule has 0 saturated carbocycles. The molecule has 140 valence electrons. The average Bonchev–Trinajstić information content (AvgIpc) is 2.62. The van der Waals surface area contributed by atoms with Crippen LogP contribution in [0.25, 0.3) is 0 Å². The molecule has 1 N–H and O–H groups in total. The Morgan fingerprint density at radius 1 is 1.31 bits per heavy atom. The summed E-state index contributed by atoms with van der Waals surface area (Å²) in [6, 6.07) is 5.01. The van der Waals surface area contributed by atoms with Gasteiger partial charge in [-0.15, -0.1) is 0 Å². The van der Waals surface area contributed by atoms with Crippen LogP contribution < -0.4 is 5.32 Å². The number of hydrogen-bond donors (Lipinski definition) is 1. The molecular formula is C19H24FN3O3. The Bertz CT molecular complexity index is 696. The normalized spacial score (nSPS) is 24.0. The highest BCUT2D eigenvalue weighted by atomic mass is 19.1. The largest absolute Gasteiger partial charge is 0.465 e. The average molecular weight is 361 g/mol. The number of carbonyl (C=O) groups is 2. The second kappa shape index (κ2) is 7.85. The van der Waals surface area contributed by atoms with Crippen LogP contribution in [-0.4, -0.2) is 42.4 Å². The number of esters is 1. The lowest BCUT2D eigenvalue weighted by atomic mass is 9.91. The predicted molar refractivity (Wildman–Crippen MR) is 94.8 cm³/mol. The van der Waals surface area contributed by atoms with Gasteiger partial charge in [0.05, 0.1) is 6.61 Å². The summed E-state index contributed by atoms with van der Waals surface area (Å²) >= 11 is 0. The number of amides is 1. The number of carbonyl (C=O) groups excluding carboxylic acids is 2. The van der Waals surface area contributed by atoms with Gasteiger partial charge in [0.25, 0.3) is 0 Å². The van der Waals surface area contributed by atoms with Crippen LogP contribution in [-0.2, 0) is 14.3 Å². The van der Waals surface area contributed by atoms with Crippen LogP contribution in [0.2, 0.25) is 0 Å². The summed E-state index contributed by atoms with van der Waals surface area (Å²) < 4.78 is 18.4. The van der Waals surface area contributed by atoms with Gasteiger partial charge in [0.15, 0.2) is 5.92 Å². The van der Waals surface area contributed by atoms with Gasteiger partial charge in [0.1, 0.15) is 11.9 Å². The summed E-state index contributed by atoms with van der Waals surface area (Å²) in [7, 11) is 0. The second-order valence-corrected chi connectivity index (χ2v) is 6.84. The van der Waals surface area contributed by atoms with Crippen molar-refractivity contribution in [2.45, 2.75) is 32.7 Å². The number of ether oxygens (including phenoxy) is 1. The van der Waals surface area contributed by atoms with E-state index in [1.165, 1.54) is 12.1 Å². The number of likely N-dealkylation sites (tertiary alicyclic amines) is 1. The minimum Gasteiger partial charge on any atom is -0.465 e. The Labute approximate surface area is 152 Å². The summed E-state index contributed by atoms with van der Waals surface area (Å²) in [4.78, 5) is 31.7. The number of rotatable bonds is 3. The quantitative estimate of drug-likeness (QED) is 0.662. The van der Waals surface area contributed by atoms with E-state index >= 15 is 0 Å². The summed E-state index contributed by atoms with van der Waals surface area (Å²) in [6.45, 7) is 5.69. The first-order valence-electron chi connectivity index (χ1n) is 9.05. The van der Waals surface area contributed by atoms with Crippen molar-refractivity contribution in [3.8, 4) is 0 Å². The minimum atomic E-state index is -1.08. The van der Waals surface area contributed by atoms with Crippen molar-refractivity contribution in [2.24, 2.45) is 16.8 Å². The van der Waals surface area contributed by atoms with Crippen molar-refractivity contribution in [3.63, 3.8) is 0 Å². The molecule has 3 rings (SSSR count). The monoisotopic (exact) mass is 361 g/mol. The Balaban J connectivity index is 1.93. The zero-order valence-corrected chi connectivity index (χ0v) is 15.1. The number of nitrogens with zero attached hydrogens (tertiary/aromatic N) is 2. The van der Waals surface area contributed by atoms with E-state index in [1.807, 2.05) is 4.90 Å². The maximum Gasteiger partial charge on any atom is 0.321 e. The molecule has 2 aliphatic rings. The van der Waals surface area contributed by atoms with E-state index in [0.717, 1.165) is 25.9 Å². The summed E-state index contributed by atoms with van der Waals surface area (Å²) in [5.41, 5.74) is 0.613. The van der Waals surface area contributed by atoms with Gasteiger partial charge in [0.2, 0.25) is 11.9 Å². The smallest absolute Gasteiger partial charge is 0.321 e. The van der Waals surface area contributed by atoms with Crippen LogP contribution in [0.1, 0.15) is 38.3 Å². The molecule has 1 fully saturated rings. The van der Waals surface area contributed by atoms with Gasteiger partial charge in [-0.1, -0.05) is 19.1 Å². The highest BCUT2D eigenvalue weighted by Crippen LogP contribution is 2.31. The van der Waals surface area contributed by atoms with Crippen LogP contribution >= 0.6 is 0 Å². The van der Waals surface area contributed by atoms with E-state index in [0.29, 0.717) is 17.4 Å². The van der Waals surface area contributed by atoms with Crippen LogP contribution in [0, 0.1) is 17.7 Å². The molecule has 6 nitrogen and oxygen atoms in total. The molecule has 26 heavy (non-hydrogen) atoms. The molecule has 1 aromatic rings. The molecule has 1 aromatic carbocycles. The van der Waals surface area contributed by atoms with E-state index in [2.05, 4.69) is 17.2 Å². The number of piperidine rings is 1. The van der Waals surface area contributed by atoms with E-state index < -0.39 is 23.8 Å². The molecule has 2 heterocycles. The zero-order valence-electron chi connectivity index (χ0n) is 15.1. The number of guanidine groups is 1. The van der Waals surface area contributed by atoms with Gasteiger partial charge < -0.3 is 9.64 Å². The van der Waals surface area contributed by atoms with E-state index in [4.69, 9.17) is 4.74 Å². The predicted octanol–water partition coefficient (Wildman–Crippen LogP) is 2.26. The van der Waals surface area contributed by atoms with Crippen molar-refractivity contribution >= 4 is 17.8 Å². The lowest BCUT2D eigenvalue weighted by molar-refractivity contribution is -0.153. The lowest BCUT2D eigenvalue weighted by Gasteiger charge is -2.36. The van der Waals surface area contributed by atoms with Crippen LogP contribution in [0.15, 0.2) is 29.3 Å². The fourth-order valence-electron chi connectivity index (χ4n) is 3.35. The molecule has 2 atom stereocenters. The molecule has 0 aliphatic carbocycles. The van der Waals surface area contributed by atoms with Crippen molar-refractivity contribution < 1.29 is 18.7 Å². The van der Waals surface area contributed by atoms with Gasteiger partial charge >= 0.3 is 5.97 Å². The highest BCUT2D eigenvalue weighted by Gasteiger charge is 2.42. The van der Waals surface area contributed by atoms with E-state index in [-0.39, 0.29) is 12.4 Å². The third-order valence-electron chi connectivity index (χ3n) is 4.93. The van der Waals surface area contributed by atoms with Gasteiger partial charge in [-0.05, 0) is 43.4 Å². The van der Waals surface area contributed by atoms with Crippen LogP contribution in [0.5, 0.6) is 0 Å². The third kappa shape index (κ3) is 3.86. The van der Waals surface area contributed by atoms with Gasteiger partial charge in [-0.25, -0.2) is 9.38 Å². The molecule has 2 aliphatic heterocycles. The molecule has 0 spiro atoms. The second-order valence-electron chi connectivity index (χ2n) is 6.84. The summed E-state index contributed by atoms with van der Waals surface area (Å²) in [5, 5.41) is 2.76. The fourth-order valence-corrected chi connectivity index (χ4v) is 3.35. The molecule has 0 bridgehead atoms. The zero-order chi connectivity index (χ0) is 18.7. The summed E-state index contributed by atoms with van der Waals surface area (Å²) in [5.74, 6) is -1.37. The number of benzene rings is 1. The Morgan fingerprint density at radius 2 is 1.96 bits per heavy atom. The van der Waals surface area contributed by atoms with E-state index in [9.17, 15) is 14.0 Å². The number of nitrogens with one attached hydrogen (secondary N) is 1. The molecule has 1 saturated heterocycles. The van der Waals surface area contributed by atoms with Crippen LogP contribution in [0.4, 0.5) is 4.39 Å². The first kappa shape index (κ1) is 18.4. The number of hydrogen-bond acceptors (Lipinski definition) is 5. The molecule has 0 radical (unpaired) electrons. The SMILES string of the molecule is CCOC(=O)[C@H]1C(=O)NC(N2CCC(C)CC2)=N[C@H]1c1ccc(F)cc1. The number of halogens is 1. The highest BCUT2D eigenvalue weighted by molar-refractivity contribution is 6.08. The molecular weight excluding hydrogens is 337 g/mol. The first-order chi connectivity index (χ1) is 12.5. The lowest BCUT2D eigenvalue weighted by Crippen LogP contribution is -2.54. The first-order valence-corrected chi connectivity index (χ1v) is 9.05. The molecule has 1 amide bonds. The number of aliphatic imine (C=N–C) groups is 1. The third-order valence-corrected chi connectivity index (χ3v) is 4.93. The maximum atomic E-state index is 13.3.